The van der Waals surface area contributed by atoms with E-state index in [1.807, 2.05) is 19.1 Å². The summed E-state index contributed by atoms with van der Waals surface area (Å²) >= 11 is 0. The Hall–Kier alpha value is -2.64. The Bertz CT molecular complexity index is 1790. The van der Waals surface area contributed by atoms with E-state index in [9.17, 15) is 45.3 Å². The topological polar surface area (TPSA) is 192 Å². The summed E-state index contributed by atoms with van der Waals surface area (Å²) in [5.41, 5.74) is -4.05. The second-order valence-electron chi connectivity index (χ2n) is 19.5. The van der Waals surface area contributed by atoms with Crippen LogP contribution >= 0.6 is 0 Å². The van der Waals surface area contributed by atoms with E-state index in [0.717, 1.165) is 5.56 Å². The molecule has 3 saturated carbocycles. The number of allylic oxidation sites excluding steroid dienone is 2. The van der Waals surface area contributed by atoms with E-state index >= 15 is 0 Å². The number of benzene rings is 1. The number of aromatic hydroxyl groups is 1. The summed E-state index contributed by atoms with van der Waals surface area (Å²) < 4.78 is 6.40. The van der Waals surface area contributed by atoms with Gasteiger partial charge in [0.15, 0.2) is 5.78 Å². The molecule has 1 aromatic carbocycles. The van der Waals surface area contributed by atoms with E-state index in [1.165, 1.54) is 0 Å². The molecule has 0 bridgehead atoms. The Balaban J connectivity index is 1.21. The number of ketones is 1. The molecule has 2 heterocycles. The van der Waals surface area contributed by atoms with Crippen molar-refractivity contribution in [3.63, 3.8) is 0 Å². The van der Waals surface area contributed by atoms with Crippen LogP contribution in [0, 0.1) is 51.8 Å². The molecule has 5 aliphatic carbocycles. The Morgan fingerprint density at radius 2 is 1.77 bits per heavy atom. The fourth-order valence-corrected chi connectivity index (χ4v) is 13.4. The van der Waals surface area contributed by atoms with Gasteiger partial charge in [0, 0.05) is 42.2 Å². The van der Waals surface area contributed by atoms with Gasteiger partial charge in [0.25, 0.3) is 0 Å². The Kier molecular flexibility index (Phi) is 10.0. The molecule has 0 aromatic heterocycles. The molecule has 14 atom stereocenters. The molecule has 2 saturated heterocycles. The Labute approximate surface area is 330 Å². The lowest BCUT2D eigenvalue weighted by molar-refractivity contribution is -0.203. The van der Waals surface area contributed by atoms with Gasteiger partial charge in [-0.15, -0.1) is 0 Å². The van der Waals surface area contributed by atoms with Crippen molar-refractivity contribution < 1.29 is 50.1 Å². The molecular weight excluding hydrogens is 714 g/mol. The fourth-order valence-electron chi connectivity index (χ4n) is 13.4. The molecule has 7 N–H and O–H groups in total. The molecule has 2 aliphatic heterocycles. The van der Waals surface area contributed by atoms with E-state index in [1.54, 1.807) is 23.1 Å². The summed E-state index contributed by atoms with van der Waals surface area (Å²) in [5.74, 6) is -1.01. The summed E-state index contributed by atoms with van der Waals surface area (Å²) in [6.45, 7) is 8.47. The van der Waals surface area contributed by atoms with Gasteiger partial charge in [0.1, 0.15) is 17.5 Å². The third-order valence-electron chi connectivity index (χ3n) is 16.8. The molecule has 8 rings (SSSR count). The number of aryl methyl sites for hydroxylation is 1. The number of aliphatic hydroxyl groups is 6. The number of fused-ring (bicyclic) bond motifs is 4. The maximum absolute atomic E-state index is 14.5. The molecule has 5 fully saturated rings. The summed E-state index contributed by atoms with van der Waals surface area (Å²) in [5, 5.41) is 80.1. The normalized spacial score (nSPS) is 44.6. The maximum Gasteiger partial charge on any atom is 0.230 e. The molecule has 0 radical (unpaired) electrons. The maximum atomic E-state index is 14.5. The van der Waals surface area contributed by atoms with Crippen LogP contribution in [-0.4, -0.2) is 103 Å². The molecule has 11 nitrogen and oxygen atoms in total. The summed E-state index contributed by atoms with van der Waals surface area (Å²) in [4.78, 5) is 29.6. The summed E-state index contributed by atoms with van der Waals surface area (Å²) in [6, 6.07) is 5.25. The zero-order valence-electron chi connectivity index (χ0n) is 33.4. The minimum absolute atomic E-state index is 0.0189. The van der Waals surface area contributed by atoms with E-state index in [0.29, 0.717) is 81.5 Å². The second-order valence-corrected chi connectivity index (χ2v) is 19.5. The second kappa shape index (κ2) is 14.0. The molecule has 0 spiro atoms. The van der Waals surface area contributed by atoms with Crippen molar-refractivity contribution in [2.75, 3.05) is 24.7 Å². The quantitative estimate of drug-likeness (QED) is 0.128. The highest BCUT2D eigenvalue weighted by Gasteiger charge is 2.77. The number of nitrogens with zero attached hydrogens (tertiary/aromatic N) is 1. The van der Waals surface area contributed by atoms with Crippen LogP contribution in [-0.2, 0) is 20.7 Å². The SMILES string of the molecule is CC(C)[C@@H](C)[C@H]1O[C@H]1[C@]1(O)CC=C[C@H]2C[C@@H]3C(=CC(=O)[C@@]4(CO)C[C@@H](O)[C@@H](O)C[C@]34C)[C@@]3(O)CC[C@H]1[C@@]23CCc1cc(O)cc(N2CC[C@@H](CCCO)C2=O)c1. The number of ether oxygens (including phenoxy) is 1. The number of hydrogen-bond acceptors (Lipinski definition) is 10. The lowest BCUT2D eigenvalue weighted by atomic mass is 9.39. The summed E-state index contributed by atoms with van der Waals surface area (Å²) in [7, 11) is 0. The Morgan fingerprint density at radius 1 is 1.02 bits per heavy atom. The van der Waals surface area contributed by atoms with Crippen LogP contribution in [0.1, 0.15) is 97.5 Å². The van der Waals surface area contributed by atoms with Gasteiger partial charge >= 0.3 is 0 Å². The minimum Gasteiger partial charge on any atom is -0.508 e. The largest absolute Gasteiger partial charge is 0.508 e. The van der Waals surface area contributed by atoms with E-state index in [-0.39, 0.29) is 66.7 Å². The smallest absolute Gasteiger partial charge is 0.230 e. The monoisotopic (exact) mass is 777 g/mol. The van der Waals surface area contributed by atoms with Crippen LogP contribution in [0.15, 0.2) is 42.0 Å². The lowest BCUT2D eigenvalue weighted by Gasteiger charge is -2.66. The number of hydrogen-bond donors (Lipinski definition) is 7. The Morgan fingerprint density at radius 3 is 2.48 bits per heavy atom. The average Bonchev–Trinajstić information content (AvgIpc) is 3.81. The van der Waals surface area contributed by atoms with Crippen molar-refractivity contribution in [2.24, 2.45) is 51.8 Å². The van der Waals surface area contributed by atoms with E-state index < -0.39 is 58.3 Å². The first-order valence-corrected chi connectivity index (χ1v) is 21.3. The van der Waals surface area contributed by atoms with Crippen LogP contribution in [0.5, 0.6) is 5.75 Å². The number of amides is 1. The number of aliphatic hydroxyl groups excluding tert-OH is 4. The van der Waals surface area contributed by atoms with Crippen LogP contribution in [0.25, 0.3) is 0 Å². The number of rotatable bonds is 11. The first kappa shape index (κ1) is 40.2. The van der Waals surface area contributed by atoms with Gasteiger partial charge in [0.2, 0.25) is 5.91 Å². The molecule has 1 amide bonds. The number of phenols is 1. The number of carbonyl (C=O) groups is 2. The summed E-state index contributed by atoms with van der Waals surface area (Å²) in [6.07, 6.45) is 7.35. The predicted molar refractivity (Wildman–Crippen MR) is 208 cm³/mol. The highest BCUT2D eigenvalue weighted by molar-refractivity contribution is 5.98. The molecular formula is C45H63NO10. The number of epoxide rings is 1. The van der Waals surface area contributed by atoms with Crippen LogP contribution < -0.4 is 4.90 Å². The van der Waals surface area contributed by atoms with Crippen LogP contribution in [0.2, 0.25) is 0 Å². The zero-order chi connectivity index (χ0) is 40.2. The third kappa shape index (κ3) is 5.61. The van der Waals surface area contributed by atoms with Crippen LogP contribution in [0.3, 0.4) is 0 Å². The van der Waals surface area contributed by atoms with Crippen molar-refractivity contribution in [3.8, 4) is 5.75 Å². The fraction of sp³-hybridized carbons (Fsp3) is 0.733. The van der Waals surface area contributed by atoms with Crippen molar-refractivity contribution >= 4 is 17.4 Å². The molecule has 0 unspecified atom stereocenters. The highest BCUT2D eigenvalue weighted by atomic mass is 16.6. The molecule has 1 aromatic rings. The number of phenolic OH excluding ortho intramolecular Hbond substituents is 1. The van der Waals surface area contributed by atoms with E-state index in [4.69, 9.17) is 4.74 Å². The van der Waals surface area contributed by atoms with Gasteiger partial charge in [0.05, 0.1) is 35.9 Å². The first-order chi connectivity index (χ1) is 26.5. The van der Waals surface area contributed by atoms with Gasteiger partial charge in [-0.25, -0.2) is 0 Å². The number of anilines is 1. The van der Waals surface area contributed by atoms with Crippen molar-refractivity contribution in [2.45, 2.75) is 134 Å². The van der Waals surface area contributed by atoms with Gasteiger partial charge in [-0.1, -0.05) is 39.8 Å². The van der Waals surface area contributed by atoms with Gasteiger partial charge in [-0.2, -0.15) is 0 Å². The van der Waals surface area contributed by atoms with Crippen molar-refractivity contribution in [1.29, 1.82) is 0 Å². The van der Waals surface area contributed by atoms with Crippen LogP contribution in [0.4, 0.5) is 5.69 Å². The molecule has 56 heavy (non-hydrogen) atoms. The van der Waals surface area contributed by atoms with Crippen molar-refractivity contribution in [1.82, 2.24) is 0 Å². The molecule has 11 heteroatoms. The van der Waals surface area contributed by atoms with Gasteiger partial charge in [-0.3, -0.25) is 9.59 Å². The van der Waals surface area contributed by atoms with E-state index in [2.05, 4.69) is 26.8 Å². The standard InChI is InChI=1S/C45H63NO10/c1-25(2)26(3)38-39(56-38)44(54)12-5-8-29-19-32-33(21-37(52)42(24-48)23-35(51)34(50)22-41(32,42)4)45(55)14-10-36(44)43(29,45)13-9-27-17-30(20-31(49)18-27)46-15-11-28(40(46)53)7-6-16-47/h5,8,17-18,20-21,25-26,28-29,32,34-36,38-39,47-51,54-55H,6-7,9-16,19,22-24H2,1-4H3/t26-,28-,29+,32-,34+,35-,36+,38-,39-,41-,42+,43-,44+,45+/m1/s1. The zero-order valence-corrected chi connectivity index (χ0v) is 33.4. The minimum atomic E-state index is -1.53. The lowest BCUT2D eigenvalue weighted by Crippen LogP contribution is -2.69. The highest BCUT2D eigenvalue weighted by Crippen LogP contribution is 2.75. The number of carbonyl (C=O) groups excluding carboxylic acids is 2. The van der Waals surface area contributed by atoms with Crippen molar-refractivity contribution in [3.05, 3.63) is 47.6 Å². The predicted octanol–water partition coefficient (Wildman–Crippen LogP) is 3.97. The van der Waals surface area contributed by atoms with Gasteiger partial charge in [-0.05, 0) is 129 Å². The molecule has 7 aliphatic rings. The first-order valence-electron chi connectivity index (χ1n) is 21.3. The van der Waals surface area contributed by atoms with Gasteiger partial charge < -0.3 is 45.4 Å². The molecule has 308 valence electrons. The third-order valence-corrected chi connectivity index (χ3v) is 16.8. The average molecular weight is 778 g/mol.